The third-order valence-corrected chi connectivity index (χ3v) is 3.66. The van der Waals surface area contributed by atoms with Gasteiger partial charge < -0.3 is 9.72 Å². The minimum atomic E-state index is -0.599. The third kappa shape index (κ3) is 2.29. The maximum atomic E-state index is 11.8. The Morgan fingerprint density at radius 1 is 1.25 bits per heavy atom. The highest BCUT2D eigenvalue weighted by Gasteiger charge is 2.29. The minimum Gasteiger partial charge on any atom is -0.422 e. The van der Waals surface area contributed by atoms with Gasteiger partial charge >= 0.3 is 5.97 Å². The summed E-state index contributed by atoms with van der Waals surface area (Å²) in [6.07, 6.45) is 1.77. The van der Waals surface area contributed by atoms with Gasteiger partial charge in [0.05, 0.1) is 0 Å². The molecule has 1 N–H and O–H groups in total. The van der Waals surface area contributed by atoms with Crippen molar-refractivity contribution in [3.05, 3.63) is 66.6 Å². The highest BCUT2D eigenvalue weighted by molar-refractivity contribution is 14.1. The number of aromatic amines is 1. The number of halogens is 1. The summed E-state index contributed by atoms with van der Waals surface area (Å²) in [5, 5.41) is 0. The summed E-state index contributed by atoms with van der Waals surface area (Å²) >= 11 is 2.21. The SMILES string of the molecule is Cc1cc2c(c(=O)[nH]1)C(=O)OC2=Cc1cccc(I)c1. The quantitative estimate of drug-likeness (QED) is 0.612. The molecule has 5 heteroatoms. The van der Waals surface area contributed by atoms with Crippen molar-refractivity contribution in [3.63, 3.8) is 0 Å². The van der Waals surface area contributed by atoms with Crippen LogP contribution in [0.1, 0.15) is 27.2 Å². The summed E-state index contributed by atoms with van der Waals surface area (Å²) in [5.41, 5.74) is 1.84. The van der Waals surface area contributed by atoms with Gasteiger partial charge in [0, 0.05) is 14.8 Å². The molecule has 1 aliphatic heterocycles. The molecule has 1 aromatic carbocycles. The largest absolute Gasteiger partial charge is 0.422 e. The minimum absolute atomic E-state index is 0.0764. The van der Waals surface area contributed by atoms with E-state index in [1.165, 1.54) is 0 Å². The molecule has 0 aliphatic carbocycles. The van der Waals surface area contributed by atoms with Crippen molar-refractivity contribution in [3.8, 4) is 0 Å². The van der Waals surface area contributed by atoms with E-state index in [9.17, 15) is 9.59 Å². The number of rotatable bonds is 1. The summed E-state index contributed by atoms with van der Waals surface area (Å²) in [4.78, 5) is 26.2. The van der Waals surface area contributed by atoms with Crippen LogP contribution in [0.4, 0.5) is 0 Å². The van der Waals surface area contributed by atoms with Crippen molar-refractivity contribution in [1.29, 1.82) is 0 Å². The van der Waals surface area contributed by atoms with Crippen LogP contribution < -0.4 is 5.56 Å². The van der Waals surface area contributed by atoms with Crippen LogP contribution in [0.25, 0.3) is 11.8 Å². The number of benzene rings is 1. The van der Waals surface area contributed by atoms with Crippen LogP contribution in [0.5, 0.6) is 0 Å². The van der Waals surface area contributed by atoms with Crippen molar-refractivity contribution in [2.24, 2.45) is 0 Å². The van der Waals surface area contributed by atoms with E-state index in [2.05, 4.69) is 27.6 Å². The predicted molar refractivity (Wildman–Crippen MR) is 84.2 cm³/mol. The molecule has 1 aromatic heterocycles. The molecule has 3 rings (SSSR count). The number of hydrogen-bond donors (Lipinski definition) is 1. The molecule has 0 radical (unpaired) electrons. The number of pyridine rings is 1. The second-order valence-corrected chi connectivity index (χ2v) is 5.77. The van der Waals surface area contributed by atoms with E-state index in [1.807, 2.05) is 24.3 Å². The molecule has 0 atom stereocenters. The van der Waals surface area contributed by atoms with Crippen LogP contribution >= 0.6 is 22.6 Å². The highest BCUT2D eigenvalue weighted by Crippen LogP contribution is 2.29. The molecular formula is C15H10INO3. The standard InChI is InChI=1S/C15H10INO3/c1-8-5-11-12(7-9-3-2-4-10(16)6-9)20-15(19)13(11)14(18)17-8/h2-7H,1H3,(H,17,18). The first-order valence-electron chi connectivity index (χ1n) is 5.98. The second-order valence-electron chi connectivity index (χ2n) is 4.52. The molecule has 2 heterocycles. The van der Waals surface area contributed by atoms with Crippen molar-refractivity contribution < 1.29 is 9.53 Å². The average molecular weight is 379 g/mol. The van der Waals surface area contributed by atoms with E-state index in [0.717, 1.165) is 9.13 Å². The number of fused-ring (bicyclic) bond motifs is 1. The van der Waals surface area contributed by atoms with E-state index < -0.39 is 11.5 Å². The zero-order chi connectivity index (χ0) is 14.3. The normalized spacial score (nSPS) is 15.3. The Balaban J connectivity index is 2.16. The lowest BCUT2D eigenvalue weighted by molar-refractivity contribution is 0.0715. The number of aryl methyl sites for hydroxylation is 1. The van der Waals surface area contributed by atoms with E-state index in [-0.39, 0.29) is 5.56 Å². The van der Waals surface area contributed by atoms with E-state index in [1.54, 1.807) is 19.1 Å². The monoisotopic (exact) mass is 379 g/mol. The Bertz CT molecular complexity index is 805. The van der Waals surface area contributed by atoms with Crippen LogP contribution in [0.15, 0.2) is 35.1 Å². The number of nitrogens with one attached hydrogen (secondary N) is 1. The molecule has 4 nitrogen and oxygen atoms in total. The molecule has 0 unspecified atom stereocenters. The van der Waals surface area contributed by atoms with Crippen LogP contribution in [-0.2, 0) is 4.74 Å². The van der Waals surface area contributed by atoms with Gasteiger partial charge in [-0.3, -0.25) is 4.79 Å². The Morgan fingerprint density at radius 3 is 2.80 bits per heavy atom. The summed E-state index contributed by atoms with van der Waals surface area (Å²) in [7, 11) is 0. The number of carbonyl (C=O) groups is 1. The maximum Gasteiger partial charge on any atom is 0.349 e. The van der Waals surface area contributed by atoms with Gasteiger partial charge in [0.15, 0.2) is 0 Å². The summed E-state index contributed by atoms with van der Waals surface area (Å²) in [6, 6.07) is 9.54. The van der Waals surface area contributed by atoms with Crippen LogP contribution in [-0.4, -0.2) is 11.0 Å². The fraction of sp³-hybridized carbons (Fsp3) is 0.0667. The summed E-state index contributed by atoms with van der Waals surface area (Å²) in [6.45, 7) is 1.77. The lowest BCUT2D eigenvalue weighted by Gasteiger charge is -2.00. The van der Waals surface area contributed by atoms with Gasteiger partial charge in [0.25, 0.3) is 5.56 Å². The van der Waals surface area contributed by atoms with Gasteiger partial charge in [-0.15, -0.1) is 0 Å². The molecule has 0 amide bonds. The number of cyclic esters (lactones) is 1. The number of ether oxygens (including phenoxy) is 1. The number of carbonyl (C=O) groups excluding carboxylic acids is 1. The lowest BCUT2D eigenvalue weighted by atomic mass is 10.1. The Hall–Kier alpha value is -1.89. The van der Waals surface area contributed by atoms with Gasteiger partial charge in [-0.2, -0.15) is 0 Å². The molecule has 0 saturated carbocycles. The Labute approximate surface area is 128 Å². The van der Waals surface area contributed by atoms with E-state index in [0.29, 0.717) is 17.0 Å². The average Bonchev–Trinajstić information content (AvgIpc) is 2.66. The molecule has 1 aliphatic rings. The molecule has 0 fully saturated rings. The van der Waals surface area contributed by atoms with Gasteiger partial charge in [-0.1, -0.05) is 12.1 Å². The molecule has 0 saturated heterocycles. The van der Waals surface area contributed by atoms with Gasteiger partial charge in [-0.25, -0.2) is 4.79 Å². The molecule has 100 valence electrons. The zero-order valence-electron chi connectivity index (χ0n) is 10.6. The fourth-order valence-electron chi connectivity index (χ4n) is 2.15. The van der Waals surface area contributed by atoms with Crippen molar-refractivity contribution in [1.82, 2.24) is 4.98 Å². The van der Waals surface area contributed by atoms with Gasteiger partial charge in [0.2, 0.25) is 0 Å². The summed E-state index contributed by atoms with van der Waals surface area (Å²) in [5.74, 6) is -0.181. The molecule has 2 aromatic rings. The number of esters is 1. The van der Waals surface area contributed by atoms with Crippen LogP contribution in [0.2, 0.25) is 0 Å². The van der Waals surface area contributed by atoms with E-state index >= 15 is 0 Å². The zero-order valence-corrected chi connectivity index (χ0v) is 12.7. The van der Waals surface area contributed by atoms with Gasteiger partial charge in [0.1, 0.15) is 11.3 Å². The highest BCUT2D eigenvalue weighted by atomic mass is 127. The maximum absolute atomic E-state index is 11.8. The lowest BCUT2D eigenvalue weighted by Crippen LogP contribution is -2.16. The first-order chi connectivity index (χ1) is 9.54. The molecule has 0 bridgehead atoms. The number of hydrogen-bond acceptors (Lipinski definition) is 3. The number of H-pyrrole nitrogens is 1. The van der Waals surface area contributed by atoms with Crippen LogP contribution in [0, 0.1) is 10.5 Å². The number of aromatic nitrogens is 1. The van der Waals surface area contributed by atoms with Crippen molar-refractivity contribution in [2.75, 3.05) is 0 Å². The Morgan fingerprint density at radius 2 is 2.05 bits per heavy atom. The molecule has 20 heavy (non-hydrogen) atoms. The first kappa shape index (κ1) is 13.1. The predicted octanol–water partition coefficient (Wildman–Crippen LogP) is 2.96. The van der Waals surface area contributed by atoms with E-state index in [4.69, 9.17) is 4.74 Å². The Kier molecular flexibility index (Phi) is 3.21. The second kappa shape index (κ2) is 4.90. The summed E-state index contributed by atoms with van der Waals surface area (Å²) < 4.78 is 6.30. The van der Waals surface area contributed by atoms with Crippen molar-refractivity contribution in [2.45, 2.75) is 6.92 Å². The first-order valence-corrected chi connectivity index (χ1v) is 7.06. The van der Waals surface area contributed by atoms with Gasteiger partial charge in [-0.05, 0) is 59.4 Å². The third-order valence-electron chi connectivity index (χ3n) is 2.99. The van der Waals surface area contributed by atoms with Crippen molar-refractivity contribution >= 4 is 40.4 Å². The van der Waals surface area contributed by atoms with Crippen LogP contribution in [0.3, 0.4) is 0 Å². The molecule has 0 spiro atoms. The fourth-order valence-corrected chi connectivity index (χ4v) is 2.71. The smallest absolute Gasteiger partial charge is 0.349 e. The topological polar surface area (TPSA) is 59.2 Å². The molecular weight excluding hydrogens is 369 g/mol.